The average Bonchev–Trinajstić information content (AvgIpc) is 3.18. The number of rotatable bonds is 3. The summed E-state index contributed by atoms with van der Waals surface area (Å²) in [6.07, 6.45) is 6.91. The molecule has 0 radical (unpaired) electrons. The number of carbonyl (C=O) groups is 1. The number of hydrogen-bond donors (Lipinski definition) is 1. The van der Waals surface area contributed by atoms with E-state index in [1.807, 2.05) is 12.1 Å². The van der Waals surface area contributed by atoms with Crippen molar-refractivity contribution >= 4 is 5.91 Å². The summed E-state index contributed by atoms with van der Waals surface area (Å²) < 4.78 is 7.43. The number of furan rings is 1. The Balaban J connectivity index is 1.89. The molecule has 1 N–H and O–H groups in total. The first-order chi connectivity index (χ1) is 11.5. The summed E-state index contributed by atoms with van der Waals surface area (Å²) in [7, 11) is 0. The van der Waals surface area contributed by atoms with Crippen LogP contribution in [0.25, 0.3) is 5.88 Å². The van der Waals surface area contributed by atoms with E-state index in [-0.39, 0.29) is 17.5 Å². The Morgan fingerprint density at radius 1 is 1.33 bits per heavy atom. The monoisotopic (exact) mass is 325 g/mol. The van der Waals surface area contributed by atoms with Crippen LogP contribution in [-0.4, -0.2) is 16.5 Å². The number of aryl methyl sites for hydroxylation is 1. The van der Waals surface area contributed by atoms with Crippen LogP contribution in [0.3, 0.4) is 0 Å². The van der Waals surface area contributed by atoms with Gasteiger partial charge in [0, 0.05) is 18.4 Å². The van der Waals surface area contributed by atoms with Crippen molar-refractivity contribution in [3.63, 3.8) is 0 Å². The summed E-state index contributed by atoms with van der Waals surface area (Å²) in [5.74, 6) is 1.70. The third-order valence-corrected chi connectivity index (χ3v) is 5.27. The molecule has 3 rings (SSSR count). The Labute approximate surface area is 142 Å². The van der Waals surface area contributed by atoms with Gasteiger partial charge in [-0.05, 0) is 37.3 Å². The first-order valence-corrected chi connectivity index (χ1v) is 8.50. The molecule has 0 aliphatic heterocycles. The smallest absolute Gasteiger partial charge is 0.256 e. The van der Waals surface area contributed by atoms with E-state index >= 15 is 0 Å². The van der Waals surface area contributed by atoms with Crippen LogP contribution < -0.4 is 5.32 Å². The van der Waals surface area contributed by atoms with E-state index in [1.54, 1.807) is 23.9 Å². The summed E-state index contributed by atoms with van der Waals surface area (Å²) in [4.78, 5) is 12.8. The second-order valence-electron chi connectivity index (χ2n) is 6.76. The highest BCUT2D eigenvalue weighted by molar-refractivity contribution is 5.98. The van der Waals surface area contributed by atoms with Gasteiger partial charge in [-0.2, -0.15) is 5.26 Å². The quantitative estimate of drug-likeness (QED) is 0.933. The second-order valence-corrected chi connectivity index (χ2v) is 6.76. The van der Waals surface area contributed by atoms with Gasteiger partial charge in [0.2, 0.25) is 5.88 Å². The Hall–Kier alpha value is -2.48. The predicted octanol–water partition coefficient (Wildman–Crippen LogP) is 3.80. The zero-order valence-corrected chi connectivity index (χ0v) is 14.4. The van der Waals surface area contributed by atoms with Crippen LogP contribution in [0.4, 0.5) is 0 Å². The fourth-order valence-corrected chi connectivity index (χ4v) is 3.59. The topological polar surface area (TPSA) is 71.0 Å². The van der Waals surface area contributed by atoms with Crippen LogP contribution in [0.1, 0.15) is 54.8 Å². The molecule has 5 nitrogen and oxygen atoms in total. The molecule has 1 fully saturated rings. The normalized spacial score (nSPS) is 23.7. The van der Waals surface area contributed by atoms with E-state index in [0.717, 1.165) is 12.8 Å². The molecule has 2 heterocycles. The molecular formula is C19H23N3O2. The standard InChI is InChI=1S/C19H23N3O2/c1-12-7-6-8-16(13(12)2)21-18(23)17-14(3)24-19(15(17)11-20)22-9-4-5-10-22/h4-5,9-10,12-13,16H,6-8H2,1-3H3,(H,21,23). The molecule has 0 saturated heterocycles. The Morgan fingerprint density at radius 3 is 2.71 bits per heavy atom. The third-order valence-electron chi connectivity index (χ3n) is 5.27. The average molecular weight is 325 g/mol. The molecule has 0 spiro atoms. The lowest BCUT2D eigenvalue weighted by atomic mass is 9.78. The van der Waals surface area contributed by atoms with Crippen molar-refractivity contribution in [1.29, 1.82) is 5.26 Å². The van der Waals surface area contributed by atoms with Crippen LogP contribution in [0.15, 0.2) is 28.9 Å². The van der Waals surface area contributed by atoms with Crippen LogP contribution in [0.5, 0.6) is 0 Å². The largest absolute Gasteiger partial charge is 0.443 e. The van der Waals surface area contributed by atoms with Crippen molar-refractivity contribution in [3.8, 4) is 12.0 Å². The molecule has 0 bridgehead atoms. The molecule has 2 aromatic heterocycles. The molecular weight excluding hydrogens is 302 g/mol. The van der Waals surface area contributed by atoms with Gasteiger partial charge >= 0.3 is 0 Å². The first kappa shape index (κ1) is 16.4. The fourth-order valence-electron chi connectivity index (χ4n) is 3.59. The minimum atomic E-state index is -0.211. The van der Waals surface area contributed by atoms with Gasteiger partial charge in [0.15, 0.2) is 0 Å². The fraction of sp³-hybridized carbons (Fsp3) is 0.474. The number of nitriles is 1. The maximum Gasteiger partial charge on any atom is 0.256 e. The van der Waals surface area contributed by atoms with Gasteiger partial charge in [-0.1, -0.05) is 26.7 Å². The molecule has 3 unspecified atom stereocenters. The number of hydrogen-bond acceptors (Lipinski definition) is 3. The van der Waals surface area contributed by atoms with E-state index in [2.05, 4.69) is 25.2 Å². The third kappa shape index (κ3) is 2.84. The summed E-state index contributed by atoms with van der Waals surface area (Å²) in [5, 5.41) is 12.7. The van der Waals surface area contributed by atoms with Crippen molar-refractivity contribution in [3.05, 3.63) is 41.4 Å². The van der Waals surface area contributed by atoms with Crippen molar-refractivity contribution in [1.82, 2.24) is 9.88 Å². The molecule has 1 amide bonds. The van der Waals surface area contributed by atoms with Gasteiger partial charge in [0.05, 0.1) is 0 Å². The van der Waals surface area contributed by atoms with Gasteiger partial charge in [0.1, 0.15) is 23.0 Å². The van der Waals surface area contributed by atoms with Crippen molar-refractivity contribution in [2.24, 2.45) is 11.8 Å². The van der Waals surface area contributed by atoms with Crippen molar-refractivity contribution in [2.45, 2.75) is 46.1 Å². The summed E-state index contributed by atoms with van der Waals surface area (Å²) in [6, 6.07) is 5.99. The minimum absolute atomic E-state index is 0.150. The van der Waals surface area contributed by atoms with Crippen LogP contribution in [-0.2, 0) is 0 Å². The lowest BCUT2D eigenvalue weighted by Crippen LogP contribution is -2.43. The number of carbonyl (C=O) groups excluding carboxylic acids is 1. The van der Waals surface area contributed by atoms with Gasteiger partial charge in [-0.25, -0.2) is 0 Å². The maximum atomic E-state index is 12.8. The predicted molar refractivity (Wildman–Crippen MR) is 90.9 cm³/mol. The molecule has 5 heteroatoms. The highest BCUT2D eigenvalue weighted by Gasteiger charge is 2.31. The zero-order valence-electron chi connectivity index (χ0n) is 14.4. The van der Waals surface area contributed by atoms with Crippen molar-refractivity contribution in [2.75, 3.05) is 0 Å². The Bertz CT molecular complexity index is 767. The first-order valence-electron chi connectivity index (χ1n) is 8.50. The number of nitrogens with one attached hydrogen (secondary N) is 1. The van der Waals surface area contributed by atoms with Crippen LogP contribution in [0, 0.1) is 30.1 Å². The maximum absolute atomic E-state index is 12.8. The van der Waals surface area contributed by atoms with E-state index < -0.39 is 0 Å². The van der Waals surface area contributed by atoms with Gasteiger partial charge in [-0.3, -0.25) is 9.36 Å². The highest BCUT2D eigenvalue weighted by Crippen LogP contribution is 2.31. The molecule has 1 saturated carbocycles. The second kappa shape index (κ2) is 6.56. The zero-order chi connectivity index (χ0) is 17.3. The minimum Gasteiger partial charge on any atom is -0.443 e. The van der Waals surface area contributed by atoms with Crippen molar-refractivity contribution < 1.29 is 9.21 Å². The van der Waals surface area contributed by atoms with Crippen LogP contribution >= 0.6 is 0 Å². The lowest BCUT2D eigenvalue weighted by molar-refractivity contribution is 0.0889. The summed E-state index contributed by atoms with van der Waals surface area (Å²) in [6.45, 7) is 6.15. The van der Waals surface area contributed by atoms with Gasteiger partial charge < -0.3 is 9.73 Å². The molecule has 0 aromatic carbocycles. The van der Waals surface area contributed by atoms with Gasteiger partial charge in [0.25, 0.3) is 5.91 Å². The molecule has 1 aliphatic rings. The number of aromatic nitrogens is 1. The summed E-state index contributed by atoms with van der Waals surface area (Å²) >= 11 is 0. The summed E-state index contributed by atoms with van der Waals surface area (Å²) in [5.41, 5.74) is 0.643. The van der Waals surface area contributed by atoms with E-state index in [0.29, 0.717) is 29.0 Å². The van der Waals surface area contributed by atoms with Gasteiger partial charge in [-0.15, -0.1) is 0 Å². The van der Waals surface area contributed by atoms with Crippen LogP contribution in [0.2, 0.25) is 0 Å². The Kier molecular flexibility index (Phi) is 4.48. The van der Waals surface area contributed by atoms with E-state index in [4.69, 9.17) is 4.42 Å². The van der Waals surface area contributed by atoms with E-state index in [1.165, 1.54) is 6.42 Å². The molecule has 24 heavy (non-hydrogen) atoms. The SMILES string of the molecule is Cc1oc(-n2cccc2)c(C#N)c1C(=O)NC1CCCC(C)C1C. The molecule has 1 aliphatic carbocycles. The molecule has 3 atom stereocenters. The molecule has 126 valence electrons. The number of amides is 1. The lowest BCUT2D eigenvalue weighted by Gasteiger charge is -2.34. The Morgan fingerprint density at radius 2 is 2.04 bits per heavy atom. The number of nitrogens with zero attached hydrogens (tertiary/aromatic N) is 2. The van der Waals surface area contributed by atoms with E-state index in [9.17, 15) is 10.1 Å². The molecule has 2 aromatic rings. The highest BCUT2D eigenvalue weighted by atomic mass is 16.4.